The van der Waals surface area contributed by atoms with Crippen molar-refractivity contribution in [3.8, 4) is 0 Å². The fourth-order valence-electron chi connectivity index (χ4n) is 3.50. The molecule has 0 atom stereocenters. The molecule has 4 rings (SSSR count). The van der Waals surface area contributed by atoms with Crippen molar-refractivity contribution in [2.45, 2.75) is 30.6 Å². The van der Waals surface area contributed by atoms with Gasteiger partial charge in [-0.3, -0.25) is 4.79 Å². The molecule has 0 bridgehead atoms. The number of hydrogen-bond donors (Lipinski definition) is 1. The van der Waals surface area contributed by atoms with Crippen molar-refractivity contribution in [3.63, 3.8) is 0 Å². The van der Waals surface area contributed by atoms with Crippen molar-refractivity contribution in [2.75, 3.05) is 18.0 Å². The van der Waals surface area contributed by atoms with Crippen LogP contribution in [-0.2, 0) is 27.7 Å². The summed E-state index contributed by atoms with van der Waals surface area (Å²) in [7, 11) is -3.72. The lowest BCUT2D eigenvalue weighted by atomic mass is 10.2. The maximum Gasteiger partial charge on any atom is 0.242 e. The Labute approximate surface area is 167 Å². The molecule has 0 radical (unpaired) electrons. The second-order valence-electron chi connectivity index (χ2n) is 7.06. The van der Waals surface area contributed by atoms with Crippen LogP contribution >= 0.6 is 15.9 Å². The van der Waals surface area contributed by atoms with E-state index in [0.717, 1.165) is 24.0 Å². The van der Waals surface area contributed by atoms with Gasteiger partial charge in [0.2, 0.25) is 15.9 Å². The van der Waals surface area contributed by atoms with E-state index in [1.807, 2.05) is 36.4 Å². The summed E-state index contributed by atoms with van der Waals surface area (Å²) >= 11 is 3.42. The zero-order chi connectivity index (χ0) is 19.0. The van der Waals surface area contributed by atoms with E-state index >= 15 is 0 Å². The van der Waals surface area contributed by atoms with Crippen LogP contribution < -0.4 is 9.62 Å². The van der Waals surface area contributed by atoms with Crippen molar-refractivity contribution in [3.05, 3.63) is 58.1 Å². The molecule has 2 aromatic rings. The molecule has 1 heterocycles. The van der Waals surface area contributed by atoms with Crippen molar-refractivity contribution in [2.24, 2.45) is 5.92 Å². The van der Waals surface area contributed by atoms with Gasteiger partial charge in [-0.1, -0.05) is 46.3 Å². The van der Waals surface area contributed by atoms with Gasteiger partial charge in [0.25, 0.3) is 0 Å². The van der Waals surface area contributed by atoms with Gasteiger partial charge in [0.15, 0.2) is 0 Å². The number of benzene rings is 2. The number of anilines is 1. The van der Waals surface area contributed by atoms with Crippen LogP contribution in [-0.4, -0.2) is 27.4 Å². The van der Waals surface area contributed by atoms with Gasteiger partial charge < -0.3 is 4.90 Å². The first-order chi connectivity index (χ1) is 13.0. The predicted molar refractivity (Wildman–Crippen MR) is 108 cm³/mol. The van der Waals surface area contributed by atoms with E-state index < -0.39 is 10.0 Å². The average Bonchev–Trinajstić information content (AvgIpc) is 3.41. The Morgan fingerprint density at radius 3 is 2.63 bits per heavy atom. The molecular formula is C20H21BrN2O3S. The molecule has 1 aliphatic carbocycles. The summed E-state index contributed by atoms with van der Waals surface area (Å²) in [6.07, 6.45) is 3.10. The Morgan fingerprint density at radius 2 is 1.93 bits per heavy atom. The normalized spacial score (nSPS) is 16.4. The predicted octanol–water partition coefficient (Wildman–Crippen LogP) is 3.27. The summed E-state index contributed by atoms with van der Waals surface area (Å²) in [6.45, 7) is 0.859. The third-order valence-electron chi connectivity index (χ3n) is 5.02. The highest BCUT2D eigenvalue weighted by molar-refractivity contribution is 9.10. The number of sulfonamides is 1. The topological polar surface area (TPSA) is 66.5 Å². The standard InChI is InChI=1S/C20H21BrN2O3S/c21-17-12-16-9-11-23(20(24)15-6-7-15)19(16)18(13-17)27(25,26)22-10-8-14-4-2-1-3-5-14/h1-5,12-13,15,22H,6-11H2. The van der Waals surface area contributed by atoms with E-state index in [-0.39, 0.29) is 16.7 Å². The molecule has 1 N–H and O–H groups in total. The number of fused-ring (bicyclic) bond motifs is 1. The lowest BCUT2D eigenvalue weighted by Crippen LogP contribution is -2.33. The highest BCUT2D eigenvalue weighted by atomic mass is 79.9. The molecule has 27 heavy (non-hydrogen) atoms. The summed E-state index contributed by atoms with van der Waals surface area (Å²) in [5, 5.41) is 0. The summed E-state index contributed by atoms with van der Waals surface area (Å²) in [6, 6.07) is 13.3. The fraction of sp³-hybridized carbons (Fsp3) is 0.350. The van der Waals surface area contributed by atoms with Crippen molar-refractivity contribution < 1.29 is 13.2 Å². The Kier molecular flexibility index (Phi) is 5.09. The number of carbonyl (C=O) groups excluding carboxylic acids is 1. The van der Waals surface area contributed by atoms with Crippen LogP contribution in [0.5, 0.6) is 0 Å². The third-order valence-corrected chi connectivity index (χ3v) is 6.96. The van der Waals surface area contributed by atoms with Crippen LogP contribution in [0.15, 0.2) is 51.8 Å². The van der Waals surface area contributed by atoms with Crippen molar-refractivity contribution in [1.29, 1.82) is 0 Å². The molecule has 2 aromatic carbocycles. The fourth-order valence-corrected chi connectivity index (χ4v) is 5.46. The lowest BCUT2D eigenvalue weighted by Gasteiger charge is -2.21. The number of carbonyl (C=O) groups is 1. The van der Waals surface area contributed by atoms with Gasteiger partial charge in [0, 0.05) is 23.5 Å². The Bertz CT molecular complexity index is 972. The minimum atomic E-state index is -3.72. The Balaban J connectivity index is 1.59. The quantitative estimate of drug-likeness (QED) is 0.737. The second kappa shape index (κ2) is 7.37. The number of hydrogen-bond acceptors (Lipinski definition) is 3. The van der Waals surface area contributed by atoms with E-state index in [2.05, 4.69) is 20.7 Å². The number of nitrogens with one attached hydrogen (secondary N) is 1. The molecule has 5 nitrogen and oxygen atoms in total. The summed E-state index contributed by atoms with van der Waals surface area (Å²) < 4.78 is 29.4. The van der Waals surface area contributed by atoms with E-state index in [0.29, 0.717) is 36.1 Å². The van der Waals surface area contributed by atoms with E-state index in [1.165, 1.54) is 0 Å². The molecule has 2 aliphatic rings. The number of amides is 1. The molecule has 142 valence electrons. The minimum absolute atomic E-state index is 0.0526. The van der Waals surface area contributed by atoms with Crippen LogP contribution in [0.2, 0.25) is 0 Å². The first kappa shape index (κ1) is 18.7. The van der Waals surface area contributed by atoms with Gasteiger partial charge in [-0.25, -0.2) is 13.1 Å². The van der Waals surface area contributed by atoms with Crippen molar-refractivity contribution >= 4 is 37.5 Å². The van der Waals surface area contributed by atoms with Crippen LogP contribution in [0, 0.1) is 5.92 Å². The van der Waals surface area contributed by atoms with Crippen LogP contribution in [0.1, 0.15) is 24.0 Å². The molecule has 7 heteroatoms. The molecule has 0 spiro atoms. The number of rotatable bonds is 6. The summed E-state index contributed by atoms with van der Waals surface area (Å²) in [5.41, 5.74) is 2.54. The second-order valence-corrected chi connectivity index (χ2v) is 9.71. The highest BCUT2D eigenvalue weighted by Crippen LogP contribution is 2.41. The van der Waals surface area contributed by atoms with Crippen LogP contribution in [0.4, 0.5) is 5.69 Å². The first-order valence-electron chi connectivity index (χ1n) is 9.13. The van der Waals surface area contributed by atoms with Gasteiger partial charge in [0.1, 0.15) is 4.90 Å². The van der Waals surface area contributed by atoms with Gasteiger partial charge in [0.05, 0.1) is 5.69 Å². The zero-order valence-corrected chi connectivity index (χ0v) is 17.2. The molecule has 0 aromatic heterocycles. The monoisotopic (exact) mass is 448 g/mol. The highest BCUT2D eigenvalue weighted by Gasteiger charge is 2.39. The van der Waals surface area contributed by atoms with Gasteiger partial charge in [-0.2, -0.15) is 0 Å². The number of halogens is 1. The Hall–Kier alpha value is -1.70. The summed E-state index contributed by atoms with van der Waals surface area (Å²) in [5.74, 6) is 0.109. The van der Waals surface area contributed by atoms with Crippen LogP contribution in [0.3, 0.4) is 0 Å². The molecule has 1 saturated carbocycles. The molecule has 1 aliphatic heterocycles. The molecule has 0 saturated heterocycles. The zero-order valence-electron chi connectivity index (χ0n) is 14.8. The van der Waals surface area contributed by atoms with E-state index in [4.69, 9.17) is 0 Å². The first-order valence-corrected chi connectivity index (χ1v) is 11.4. The largest absolute Gasteiger partial charge is 0.310 e. The SMILES string of the molecule is O=C(C1CC1)N1CCc2cc(Br)cc(S(=O)(=O)NCCc3ccccc3)c21. The minimum Gasteiger partial charge on any atom is -0.310 e. The number of nitrogens with zero attached hydrogens (tertiary/aromatic N) is 1. The van der Waals surface area contributed by atoms with Gasteiger partial charge >= 0.3 is 0 Å². The smallest absolute Gasteiger partial charge is 0.242 e. The maximum absolute atomic E-state index is 13.0. The molecule has 1 amide bonds. The third kappa shape index (κ3) is 3.95. The lowest BCUT2D eigenvalue weighted by molar-refractivity contribution is -0.119. The van der Waals surface area contributed by atoms with E-state index in [9.17, 15) is 13.2 Å². The summed E-state index contributed by atoms with van der Waals surface area (Å²) in [4.78, 5) is 14.5. The van der Waals surface area contributed by atoms with Gasteiger partial charge in [-0.05, 0) is 48.9 Å². The van der Waals surface area contributed by atoms with E-state index in [1.54, 1.807) is 11.0 Å². The Morgan fingerprint density at radius 1 is 1.19 bits per heavy atom. The molecule has 1 fully saturated rings. The van der Waals surface area contributed by atoms with Gasteiger partial charge in [-0.15, -0.1) is 0 Å². The average molecular weight is 449 g/mol. The molecule has 0 unspecified atom stereocenters. The van der Waals surface area contributed by atoms with Crippen molar-refractivity contribution in [1.82, 2.24) is 4.72 Å². The molecular weight excluding hydrogens is 428 g/mol. The maximum atomic E-state index is 13.0. The van der Waals surface area contributed by atoms with Crippen LogP contribution in [0.25, 0.3) is 0 Å².